The van der Waals surface area contributed by atoms with E-state index in [1.165, 1.54) is 0 Å². The van der Waals surface area contributed by atoms with Crippen molar-refractivity contribution in [3.05, 3.63) is 41.9 Å². The number of aryl methyl sites for hydroxylation is 1. The summed E-state index contributed by atoms with van der Waals surface area (Å²) in [5.74, 6) is 1.64. The molecule has 21 heavy (non-hydrogen) atoms. The molecule has 2 heterocycles. The number of hydrogen-bond donors (Lipinski definition) is 1. The second-order valence-electron chi connectivity index (χ2n) is 4.70. The maximum atomic E-state index is 5.70. The normalized spacial score (nSPS) is 11.0. The average molecular weight is 283 g/mol. The zero-order chi connectivity index (χ0) is 14.8. The van der Waals surface area contributed by atoms with E-state index >= 15 is 0 Å². The number of aromatic nitrogens is 4. The highest BCUT2D eigenvalue weighted by molar-refractivity contribution is 5.75. The molecule has 1 aromatic carbocycles. The summed E-state index contributed by atoms with van der Waals surface area (Å²) in [7, 11) is 1.56. The Morgan fingerprint density at radius 2 is 2.00 bits per heavy atom. The summed E-state index contributed by atoms with van der Waals surface area (Å²) in [6, 6.07) is 9.89. The first-order valence-electron chi connectivity index (χ1n) is 6.83. The van der Waals surface area contributed by atoms with Crippen molar-refractivity contribution in [1.82, 2.24) is 19.5 Å². The Kier molecular flexibility index (Phi) is 3.43. The Hall–Kier alpha value is -2.63. The molecule has 3 aromatic rings. The maximum Gasteiger partial charge on any atom is 0.223 e. The van der Waals surface area contributed by atoms with Crippen molar-refractivity contribution in [2.45, 2.75) is 19.9 Å². The molecule has 0 aliphatic carbocycles. The van der Waals surface area contributed by atoms with Gasteiger partial charge in [-0.05, 0) is 19.1 Å². The summed E-state index contributed by atoms with van der Waals surface area (Å²) >= 11 is 0. The zero-order valence-corrected chi connectivity index (χ0v) is 12.1. The number of anilines is 1. The number of rotatable bonds is 4. The Labute approximate surface area is 122 Å². The third-order valence-corrected chi connectivity index (χ3v) is 3.37. The minimum Gasteiger partial charge on any atom is -0.481 e. The van der Waals surface area contributed by atoms with Crippen molar-refractivity contribution < 1.29 is 4.74 Å². The highest BCUT2D eigenvalue weighted by Crippen LogP contribution is 2.19. The first-order valence-corrected chi connectivity index (χ1v) is 6.83. The Balaban J connectivity index is 2.03. The number of para-hydroxylation sites is 2. The lowest BCUT2D eigenvalue weighted by Crippen LogP contribution is -2.06. The lowest BCUT2D eigenvalue weighted by atomic mass is 10.3. The maximum absolute atomic E-state index is 5.70. The number of benzene rings is 1. The summed E-state index contributed by atoms with van der Waals surface area (Å²) in [6.07, 6.45) is 0.589. The van der Waals surface area contributed by atoms with Crippen molar-refractivity contribution in [2.75, 3.05) is 12.8 Å². The van der Waals surface area contributed by atoms with Gasteiger partial charge in [0.15, 0.2) is 0 Å². The van der Waals surface area contributed by atoms with E-state index in [-0.39, 0.29) is 5.95 Å². The van der Waals surface area contributed by atoms with Gasteiger partial charge in [0.05, 0.1) is 23.8 Å². The number of methoxy groups -OCH3 is 1. The second kappa shape index (κ2) is 5.40. The summed E-state index contributed by atoms with van der Waals surface area (Å²) in [4.78, 5) is 12.9. The molecule has 3 rings (SSSR count). The van der Waals surface area contributed by atoms with Crippen LogP contribution in [0.3, 0.4) is 0 Å². The van der Waals surface area contributed by atoms with Crippen LogP contribution in [-0.4, -0.2) is 26.6 Å². The first-order chi connectivity index (χ1) is 10.2. The van der Waals surface area contributed by atoms with Crippen LogP contribution < -0.4 is 10.5 Å². The number of imidazole rings is 1. The molecule has 0 unspecified atom stereocenters. The molecule has 0 bridgehead atoms. The average Bonchev–Trinajstić information content (AvgIpc) is 2.83. The summed E-state index contributed by atoms with van der Waals surface area (Å²) in [5, 5.41) is 0. The summed E-state index contributed by atoms with van der Waals surface area (Å²) < 4.78 is 7.31. The van der Waals surface area contributed by atoms with Crippen molar-refractivity contribution >= 4 is 17.0 Å². The van der Waals surface area contributed by atoms with E-state index in [0.29, 0.717) is 12.3 Å². The van der Waals surface area contributed by atoms with Gasteiger partial charge >= 0.3 is 0 Å². The molecule has 0 radical (unpaired) electrons. The van der Waals surface area contributed by atoms with Gasteiger partial charge < -0.3 is 15.0 Å². The van der Waals surface area contributed by atoms with Gasteiger partial charge in [-0.1, -0.05) is 12.1 Å². The number of hydrogen-bond acceptors (Lipinski definition) is 5. The fourth-order valence-corrected chi connectivity index (χ4v) is 2.46. The summed E-state index contributed by atoms with van der Waals surface area (Å²) in [5.41, 5.74) is 8.62. The van der Waals surface area contributed by atoms with Crippen LogP contribution in [0.5, 0.6) is 5.88 Å². The predicted molar refractivity (Wildman–Crippen MR) is 81.2 cm³/mol. The molecule has 2 aromatic heterocycles. The topological polar surface area (TPSA) is 78.9 Å². The van der Waals surface area contributed by atoms with Crippen LogP contribution in [0, 0.1) is 0 Å². The predicted octanol–water partition coefficient (Wildman–Crippen LogP) is 2.03. The van der Waals surface area contributed by atoms with Crippen LogP contribution >= 0.6 is 0 Å². The number of nitrogen functional groups attached to an aromatic ring is 1. The molecule has 0 atom stereocenters. The number of nitrogens with two attached hydrogens (primary N) is 1. The van der Waals surface area contributed by atoms with E-state index in [9.17, 15) is 0 Å². The minimum absolute atomic E-state index is 0.212. The Bertz CT molecular complexity index is 781. The van der Waals surface area contributed by atoms with Crippen LogP contribution in [0.25, 0.3) is 11.0 Å². The van der Waals surface area contributed by atoms with E-state index in [1.807, 2.05) is 18.2 Å². The van der Waals surface area contributed by atoms with Gasteiger partial charge in [0.2, 0.25) is 11.8 Å². The number of fused-ring (bicyclic) bond motifs is 1. The molecule has 0 saturated heterocycles. The van der Waals surface area contributed by atoms with Gasteiger partial charge in [0, 0.05) is 19.0 Å². The fourth-order valence-electron chi connectivity index (χ4n) is 2.46. The monoisotopic (exact) mass is 283 g/mol. The SMILES string of the molecule is CCn1c(Cc2cc(OC)nc(N)n2)nc2ccccc21. The van der Waals surface area contributed by atoms with Gasteiger partial charge in [0.25, 0.3) is 0 Å². The van der Waals surface area contributed by atoms with Crippen LogP contribution in [0.2, 0.25) is 0 Å². The van der Waals surface area contributed by atoms with Crippen molar-refractivity contribution in [3.63, 3.8) is 0 Å². The second-order valence-corrected chi connectivity index (χ2v) is 4.70. The van der Waals surface area contributed by atoms with Crippen molar-refractivity contribution in [3.8, 4) is 5.88 Å². The molecule has 0 fully saturated rings. The molecular weight excluding hydrogens is 266 g/mol. The molecule has 108 valence electrons. The molecule has 2 N–H and O–H groups in total. The molecule has 6 heteroatoms. The standard InChI is InChI=1S/C15H17N5O/c1-3-20-12-7-5-4-6-11(12)18-13(20)8-10-9-14(21-2)19-15(16)17-10/h4-7,9H,3,8H2,1-2H3,(H2,16,17,19). The van der Waals surface area contributed by atoms with Crippen molar-refractivity contribution in [1.29, 1.82) is 0 Å². The molecule has 6 nitrogen and oxygen atoms in total. The van der Waals surface area contributed by atoms with Gasteiger partial charge in [-0.15, -0.1) is 0 Å². The highest BCUT2D eigenvalue weighted by Gasteiger charge is 2.11. The molecule has 0 spiro atoms. The molecule has 0 aliphatic rings. The van der Waals surface area contributed by atoms with E-state index in [4.69, 9.17) is 10.5 Å². The van der Waals surface area contributed by atoms with Crippen LogP contribution in [-0.2, 0) is 13.0 Å². The third kappa shape index (κ3) is 2.52. The zero-order valence-electron chi connectivity index (χ0n) is 12.1. The third-order valence-electron chi connectivity index (χ3n) is 3.37. The molecular formula is C15H17N5O. The van der Waals surface area contributed by atoms with Crippen LogP contribution in [0.1, 0.15) is 18.4 Å². The Morgan fingerprint density at radius 1 is 1.19 bits per heavy atom. The first kappa shape index (κ1) is 13.4. The van der Waals surface area contributed by atoms with Gasteiger partial charge in [-0.25, -0.2) is 9.97 Å². The van der Waals surface area contributed by atoms with E-state index < -0.39 is 0 Å². The Morgan fingerprint density at radius 3 is 2.76 bits per heavy atom. The highest BCUT2D eigenvalue weighted by atomic mass is 16.5. The summed E-state index contributed by atoms with van der Waals surface area (Å²) in [6.45, 7) is 2.96. The molecule has 0 amide bonds. The molecule has 0 aliphatic heterocycles. The lowest BCUT2D eigenvalue weighted by molar-refractivity contribution is 0.397. The largest absolute Gasteiger partial charge is 0.481 e. The van der Waals surface area contributed by atoms with E-state index in [2.05, 4.69) is 32.5 Å². The van der Waals surface area contributed by atoms with Crippen molar-refractivity contribution in [2.24, 2.45) is 0 Å². The van der Waals surface area contributed by atoms with Gasteiger partial charge in [-0.3, -0.25) is 0 Å². The quantitative estimate of drug-likeness (QED) is 0.792. The lowest BCUT2D eigenvalue weighted by Gasteiger charge is -2.07. The van der Waals surface area contributed by atoms with Gasteiger partial charge in [0.1, 0.15) is 5.82 Å². The fraction of sp³-hybridized carbons (Fsp3) is 0.267. The van der Waals surface area contributed by atoms with E-state index in [1.54, 1.807) is 13.2 Å². The van der Waals surface area contributed by atoms with Crippen LogP contribution in [0.15, 0.2) is 30.3 Å². The van der Waals surface area contributed by atoms with E-state index in [0.717, 1.165) is 29.1 Å². The van der Waals surface area contributed by atoms with Gasteiger partial charge in [-0.2, -0.15) is 4.98 Å². The van der Waals surface area contributed by atoms with Crippen LogP contribution in [0.4, 0.5) is 5.95 Å². The molecule has 0 saturated carbocycles. The minimum atomic E-state index is 0.212. The number of nitrogens with zero attached hydrogens (tertiary/aromatic N) is 4. The smallest absolute Gasteiger partial charge is 0.223 e. The number of ether oxygens (including phenoxy) is 1.